The molecule has 0 saturated carbocycles. The minimum atomic E-state index is -1.44. The van der Waals surface area contributed by atoms with E-state index in [-0.39, 0.29) is 0 Å². The highest BCUT2D eigenvalue weighted by Crippen LogP contribution is 2.25. The van der Waals surface area contributed by atoms with Crippen LogP contribution in [0.5, 0.6) is 0 Å². The maximum absolute atomic E-state index is 11.8. The summed E-state index contributed by atoms with van der Waals surface area (Å²) < 4.78 is 10.3. The summed E-state index contributed by atoms with van der Waals surface area (Å²) in [5.74, 6) is 0. The second-order valence-electron chi connectivity index (χ2n) is 5.84. The largest absolute Gasteiger partial charge is 0.422 e. The summed E-state index contributed by atoms with van der Waals surface area (Å²) in [5, 5.41) is 42.7. The third kappa shape index (κ3) is 3.30. The Balaban J connectivity index is 1.87. The van der Waals surface area contributed by atoms with Crippen LogP contribution in [0.1, 0.15) is 5.56 Å². The van der Waals surface area contributed by atoms with Gasteiger partial charge in [0.25, 0.3) is 0 Å². The van der Waals surface area contributed by atoms with Gasteiger partial charge in [-0.2, -0.15) is 0 Å². The van der Waals surface area contributed by atoms with E-state index in [1.807, 2.05) is 0 Å². The molecule has 8 heteroatoms. The van der Waals surface area contributed by atoms with Crippen molar-refractivity contribution >= 4 is 22.7 Å². The Bertz CT molecular complexity index is 833. The monoisotopic (exact) mass is 349 g/mol. The zero-order valence-electron chi connectivity index (χ0n) is 13.2. The van der Waals surface area contributed by atoms with Crippen molar-refractivity contribution in [2.45, 2.75) is 30.6 Å². The van der Waals surface area contributed by atoms with Crippen molar-refractivity contribution in [1.82, 2.24) is 0 Å². The second kappa shape index (κ2) is 6.95. The molecule has 0 bridgehead atoms. The summed E-state index contributed by atoms with van der Waals surface area (Å²) in [4.78, 5) is 11.8. The quantitative estimate of drug-likeness (QED) is 0.473. The van der Waals surface area contributed by atoms with E-state index in [2.05, 4.69) is 11.9 Å². The van der Waals surface area contributed by atoms with Gasteiger partial charge in [-0.3, -0.25) is 0 Å². The Morgan fingerprint density at radius 1 is 1.20 bits per heavy atom. The lowest BCUT2D eigenvalue weighted by Gasteiger charge is -2.40. The number of nitrogens with one attached hydrogen (secondary N) is 1. The van der Waals surface area contributed by atoms with Gasteiger partial charge in [-0.25, -0.2) is 4.79 Å². The maximum atomic E-state index is 11.8. The fourth-order valence-corrected chi connectivity index (χ4v) is 2.80. The Hall–Kier alpha value is -2.23. The van der Waals surface area contributed by atoms with Gasteiger partial charge in [-0.05, 0) is 18.2 Å². The molecule has 1 aromatic carbocycles. The van der Waals surface area contributed by atoms with Crippen molar-refractivity contribution in [1.29, 1.82) is 0 Å². The lowest BCUT2D eigenvalue weighted by atomic mass is 9.97. The molecule has 4 unspecified atom stereocenters. The summed E-state index contributed by atoms with van der Waals surface area (Å²) in [5.41, 5.74) is 0.582. The third-order valence-corrected chi connectivity index (χ3v) is 4.22. The highest BCUT2D eigenvalue weighted by molar-refractivity contribution is 5.82. The van der Waals surface area contributed by atoms with Gasteiger partial charge >= 0.3 is 5.63 Å². The number of benzene rings is 1. The highest BCUT2D eigenvalue weighted by Gasteiger charge is 2.43. The lowest BCUT2D eigenvalue weighted by molar-refractivity contribution is -0.245. The molecule has 134 valence electrons. The minimum Gasteiger partial charge on any atom is -0.422 e. The van der Waals surface area contributed by atoms with Gasteiger partial charge in [0.15, 0.2) is 6.29 Å². The molecule has 1 saturated heterocycles. The van der Waals surface area contributed by atoms with E-state index in [1.54, 1.807) is 18.2 Å². The molecule has 1 aliphatic heterocycles. The smallest absolute Gasteiger partial charge is 0.343 e. The Morgan fingerprint density at radius 3 is 2.64 bits per heavy atom. The van der Waals surface area contributed by atoms with Crippen molar-refractivity contribution in [2.75, 3.05) is 11.9 Å². The summed E-state index contributed by atoms with van der Waals surface area (Å²) in [7, 11) is 0. The van der Waals surface area contributed by atoms with Crippen molar-refractivity contribution in [3.63, 3.8) is 0 Å². The van der Waals surface area contributed by atoms with Crippen LogP contribution in [0.2, 0.25) is 0 Å². The summed E-state index contributed by atoms with van der Waals surface area (Å²) in [6.07, 6.45) is -3.84. The molecule has 0 radical (unpaired) electrons. The topological polar surface area (TPSA) is 132 Å². The molecule has 1 aromatic heterocycles. The van der Waals surface area contributed by atoms with E-state index in [4.69, 9.17) is 14.3 Å². The average molecular weight is 349 g/mol. The Labute approximate surface area is 142 Å². The first-order chi connectivity index (χ1) is 11.9. The van der Waals surface area contributed by atoms with Crippen LogP contribution in [0.25, 0.3) is 17.0 Å². The van der Waals surface area contributed by atoms with E-state index in [9.17, 15) is 20.1 Å². The van der Waals surface area contributed by atoms with Crippen LogP contribution in [0.4, 0.5) is 5.69 Å². The third-order valence-electron chi connectivity index (χ3n) is 4.22. The van der Waals surface area contributed by atoms with Crippen molar-refractivity contribution in [2.24, 2.45) is 0 Å². The van der Waals surface area contributed by atoms with Gasteiger partial charge in [0.05, 0.1) is 12.2 Å². The molecule has 0 aliphatic carbocycles. The molecular weight excluding hydrogens is 330 g/mol. The van der Waals surface area contributed by atoms with Crippen LogP contribution in [0, 0.1) is 0 Å². The minimum absolute atomic E-state index is 0.315. The van der Waals surface area contributed by atoms with Crippen LogP contribution in [0.3, 0.4) is 0 Å². The molecule has 2 aromatic rings. The van der Waals surface area contributed by atoms with Crippen molar-refractivity contribution < 1.29 is 29.6 Å². The number of rotatable bonds is 4. The van der Waals surface area contributed by atoms with Crippen molar-refractivity contribution in [3.8, 4) is 0 Å². The first-order valence-corrected chi connectivity index (χ1v) is 7.72. The molecule has 2 heterocycles. The molecule has 5 atom stereocenters. The molecule has 1 fully saturated rings. The predicted molar refractivity (Wildman–Crippen MR) is 90.0 cm³/mol. The normalized spacial score (nSPS) is 29.5. The number of aliphatic hydroxyl groups excluding tert-OH is 4. The number of anilines is 1. The van der Waals surface area contributed by atoms with Gasteiger partial charge < -0.3 is 34.9 Å². The van der Waals surface area contributed by atoms with E-state index in [0.29, 0.717) is 22.2 Å². The fourth-order valence-electron chi connectivity index (χ4n) is 2.80. The number of ether oxygens (including phenoxy) is 1. The molecule has 25 heavy (non-hydrogen) atoms. The molecule has 1 aliphatic rings. The van der Waals surface area contributed by atoms with E-state index in [1.165, 1.54) is 12.1 Å². The van der Waals surface area contributed by atoms with Crippen LogP contribution < -0.4 is 10.9 Å². The van der Waals surface area contributed by atoms with Gasteiger partial charge in [-0.15, -0.1) is 0 Å². The zero-order valence-corrected chi connectivity index (χ0v) is 13.2. The van der Waals surface area contributed by atoms with Gasteiger partial charge in [-0.1, -0.05) is 12.7 Å². The first-order valence-electron chi connectivity index (χ1n) is 7.72. The van der Waals surface area contributed by atoms with Gasteiger partial charge in [0, 0.05) is 17.1 Å². The second-order valence-corrected chi connectivity index (χ2v) is 5.84. The summed E-state index contributed by atoms with van der Waals surface area (Å²) in [6.45, 7) is 3.01. The molecule has 0 amide bonds. The number of fused-ring (bicyclic) bond motifs is 1. The van der Waals surface area contributed by atoms with E-state index in [0.717, 1.165) is 0 Å². The standard InChI is InChI=1S/C17H19NO7/c1-2-8-5-9-3-4-10(6-11(9)24-16(8)22)18-13-15(21)14(20)12(7-19)25-17(13)23/h2-6,12-15,17-21,23H,1,7H2/t12?,13?,14-,15?,17?/m0/s1. The van der Waals surface area contributed by atoms with Crippen LogP contribution in [-0.4, -0.2) is 57.7 Å². The lowest BCUT2D eigenvalue weighted by Crippen LogP contribution is -2.61. The van der Waals surface area contributed by atoms with Gasteiger partial charge in [0.1, 0.15) is 29.9 Å². The summed E-state index contributed by atoms with van der Waals surface area (Å²) >= 11 is 0. The molecule has 0 spiro atoms. The molecule has 5 N–H and O–H groups in total. The van der Waals surface area contributed by atoms with E-state index < -0.39 is 42.9 Å². The summed E-state index contributed by atoms with van der Waals surface area (Å²) in [6, 6.07) is 5.51. The van der Waals surface area contributed by atoms with Crippen molar-refractivity contribution in [3.05, 3.63) is 46.8 Å². The fraction of sp³-hybridized carbons (Fsp3) is 0.353. The van der Waals surface area contributed by atoms with Crippen LogP contribution >= 0.6 is 0 Å². The molecule has 3 rings (SSSR count). The molecule has 8 nitrogen and oxygen atoms in total. The van der Waals surface area contributed by atoms with E-state index >= 15 is 0 Å². The number of aliphatic hydroxyl groups is 4. The number of hydrogen-bond acceptors (Lipinski definition) is 8. The predicted octanol–water partition coefficient (Wildman–Crippen LogP) is -0.352. The van der Waals surface area contributed by atoms with Gasteiger partial charge in [0.2, 0.25) is 0 Å². The zero-order chi connectivity index (χ0) is 18.1. The average Bonchev–Trinajstić information content (AvgIpc) is 2.61. The SMILES string of the molecule is C=Cc1cc2ccc(NC3C(O)OC(CO)[C@H](O)C3O)cc2oc1=O. The highest BCUT2D eigenvalue weighted by atomic mass is 16.6. The first kappa shape index (κ1) is 17.6. The maximum Gasteiger partial charge on any atom is 0.343 e. The Kier molecular flexibility index (Phi) is 4.89. The van der Waals surface area contributed by atoms with Crippen LogP contribution in [-0.2, 0) is 4.74 Å². The molecular formula is C17H19NO7. The van der Waals surface area contributed by atoms with Crippen LogP contribution in [0.15, 0.2) is 40.1 Å². The Morgan fingerprint density at radius 2 is 1.96 bits per heavy atom. The number of hydrogen-bond donors (Lipinski definition) is 5.